The molecule has 1 atom stereocenters. The molecule has 0 spiro atoms. The molecule has 10 heteroatoms. The summed E-state index contributed by atoms with van der Waals surface area (Å²) in [5.74, 6) is -0.833. The number of amides is 1. The number of nitrogens with one attached hydrogen (secondary N) is 1. The van der Waals surface area contributed by atoms with Gasteiger partial charge in [-0.25, -0.2) is 13.2 Å². The Hall–Kier alpha value is -3.11. The van der Waals surface area contributed by atoms with E-state index in [0.29, 0.717) is 24.2 Å². The maximum absolute atomic E-state index is 12.9. The number of benzene rings is 2. The van der Waals surface area contributed by atoms with Gasteiger partial charge in [0.05, 0.1) is 10.5 Å². The third-order valence-corrected chi connectivity index (χ3v) is 7.46. The van der Waals surface area contributed by atoms with Crippen molar-refractivity contribution in [2.75, 3.05) is 11.3 Å². The molecule has 216 valence electrons. The number of nitrogens with zero attached hydrogens (tertiary/aromatic N) is 1. The summed E-state index contributed by atoms with van der Waals surface area (Å²) in [5.41, 5.74) is 1.76. The van der Waals surface area contributed by atoms with E-state index in [9.17, 15) is 18.3 Å². The number of fused-ring (bicyclic) bond motifs is 1. The number of ether oxygens (including phenoxy) is 1. The number of anilines is 1. The fourth-order valence-electron chi connectivity index (χ4n) is 4.31. The number of carboxylic acid groups (broad SMARTS) is 1. The van der Waals surface area contributed by atoms with E-state index in [0.717, 1.165) is 37.3 Å². The Bertz CT molecular complexity index is 1240. The molecule has 0 heterocycles. The first-order valence-electron chi connectivity index (χ1n) is 13.1. The summed E-state index contributed by atoms with van der Waals surface area (Å²) in [6.07, 6.45) is 2.81. The Morgan fingerprint density at radius 2 is 1.64 bits per heavy atom. The van der Waals surface area contributed by atoms with Gasteiger partial charge in [-0.15, -0.1) is 0 Å². The summed E-state index contributed by atoms with van der Waals surface area (Å²) in [5, 5.41) is 17.5. The van der Waals surface area contributed by atoms with Gasteiger partial charge in [-0.05, 0) is 101 Å². The highest BCUT2D eigenvalue weighted by molar-refractivity contribution is 7.92. The van der Waals surface area contributed by atoms with Gasteiger partial charge in [-0.1, -0.05) is 25.1 Å². The van der Waals surface area contributed by atoms with E-state index in [-0.39, 0.29) is 17.0 Å². The number of aliphatic hydroxyl groups is 1. The topological polar surface area (TPSA) is 133 Å². The Morgan fingerprint density at radius 3 is 2.15 bits per heavy atom. The molecule has 0 saturated heterocycles. The Balaban J connectivity index is 0.00000124. The Kier molecular flexibility index (Phi) is 10.6. The number of sulfonamides is 1. The third-order valence-electron chi connectivity index (χ3n) is 6.07. The second-order valence-electron chi connectivity index (χ2n) is 11.3. The van der Waals surface area contributed by atoms with Gasteiger partial charge in [0.15, 0.2) is 0 Å². The number of carbonyl (C=O) groups excluding carboxylic acids is 1. The van der Waals surface area contributed by atoms with Crippen LogP contribution in [0.15, 0.2) is 47.4 Å². The number of rotatable bonds is 7. The van der Waals surface area contributed by atoms with E-state index in [2.05, 4.69) is 4.72 Å². The standard InChI is InChI=1S/C27H38N2O5S.C2H4O2/c1-7-16-29(25(30)34-26(2,3)4)23-13-9-19-17-22(12-8-20(19)18-23)28-35(32,33)24-14-10-21(11-15-24)27(5,6)31;1-2(3)4/h8,10-12,14-15,17,23,28,31H,7,9,13,16,18H2,1-6H3;1H3,(H,3,4)/t23-;/m0./s1. The third kappa shape index (κ3) is 9.85. The molecule has 3 N–H and O–H groups in total. The van der Waals surface area contributed by atoms with Crippen molar-refractivity contribution in [3.63, 3.8) is 0 Å². The summed E-state index contributed by atoms with van der Waals surface area (Å²) >= 11 is 0. The first kappa shape index (κ1) is 32.1. The first-order chi connectivity index (χ1) is 17.9. The van der Waals surface area contributed by atoms with Crippen LogP contribution in [-0.4, -0.2) is 53.8 Å². The molecule has 0 unspecified atom stereocenters. The number of aryl methyl sites for hydroxylation is 1. The van der Waals surface area contributed by atoms with Crippen LogP contribution in [0.3, 0.4) is 0 Å². The van der Waals surface area contributed by atoms with Crippen molar-refractivity contribution in [3.05, 3.63) is 59.2 Å². The second-order valence-corrected chi connectivity index (χ2v) is 12.9. The highest BCUT2D eigenvalue weighted by Gasteiger charge is 2.31. The van der Waals surface area contributed by atoms with E-state index >= 15 is 0 Å². The first-order valence-corrected chi connectivity index (χ1v) is 14.6. The summed E-state index contributed by atoms with van der Waals surface area (Å²) < 4.78 is 34.1. The van der Waals surface area contributed by atoms with Crippen LogP contribution in [0, 0.1) is 0 Å². The fraction of sp³-hybridized carbons (Fsp3) is 0.517. The number of aliphatic carboxylic acids is 1. The van der Waals surface area contributed by atoms with Gasteiger partial charge in [0.2, 0.25) is 0 Å². The molecule has 1 aliphatic carbocycles. The minimum absolute atomic E-state index is 0.0501. The van der Waals surface area contributed by atoms with Crippen molar-refractivity contribution >= 4 is 27.8 Å². The summed E-state index contributed by atoms with van der Waals surface area (Å²) in [6.45, 7) is 12.7. The van der Waals surface area contributed by atoms with E-state index in [1.165, 1.54) is 12.1 Å². The van der Waals surface area contributed by atoms with E-state index in [1.807, 2.05) is 44.7 Å². The highest BCUT2D eigenvalue weighted by Crippen LogP contribution is 2.29. The van der Waals surface area contributed by atoms with Crippen LogP contribution in [-0.2, 0) is 38.0 Å². The molecular weight excluding hydrogens is 520 g/mol. The molecule has 3 rings (SSSR count). The van der Waals surface area contributed by atoms with E-state index < -0.39 is 27.2 Å². The van der Waals surface area contributed by atoms with Crippen molar-refractivity contribution in [1.29, 1.82) is 0 Å². The van der Waals surface area contributed by atoms with Gasteiger partial charge in [-0.2, -0.15) is 0 Å². The van der Waals surface area contributed by atoms with Crippen LogP contribution in [0.4, 0.5) is 10.5 Å². The molecule has 1 aliphatic rings. The SMILES string of the molecule is CC(=O)O.CCCN(C(=O)OC(C)(C)C)[C@H]1CCc2cc(NS(=O)(=O)c3ccc(C(C)(C)O)cc3)ccc2C1. The van der Waals surface area contributed by atoms with Gasteiger partial charge >= 0.3 is 6.09 Å². The van der Waals surface area contributed by atoms with Crippen LogP contribution < -0.4 is 4.72 Å². The van der Waals surface area contributed by atoms with Crippen molar-refractivity contribution < 1.29 is 33.0 Å². The maximum atomic E-state index is 12.9. The average Bonchev–Trinajstić information content (AvgIpc) is 2.80. The predicted octanol–water partition coefficient (Wildman–Crippen LogP) is 5.31. The smallest absolute Gasteiger partial charge is 0.410 e. The molecule has 0 radical (unpaired) electrons. The van der Waals surface area contributed by atoms with Gasteiger partial charge in [0.25, 0.3) is 16.0 Å². The molecule has 2 aromatic rings. The minimum atomic E-state index is -3.76. The number of carbonyl (C=O) groups is 2. The van der Waals surface area contributed by atoms with Gasteiger partial charge in [-0.3, -0.25) is 9.52 Å². The number of hydrogen-bond acceptors (Lipinski definition) is 6. The normalized spacial score (nSPS) is 15.3. The lowest BCUT2D eigenvalue weighted by Crippen LogP contribution is -2.46. The lowest BCUT2D eigenvalue weighted by atomic mass is 9.87. The number of carboxylic acids is 1. The summed E-state index contributed by atoms with van der Waals surface area (Å²) in [4.78, 5) is 23.8. The fourth-order valence-corrected chi connectivity index (χ4v) is 5.36. The molecule has 9 nitrogen and oxygen atoms in total. The Labute approximate surface area is 232 Å². The maximum Gasteiger partial charge on any atom is 0.410 e. The van der Waals surface area contributed by atoms with Crippen LogP contribution in [0.5, 0.6) is 0 Å². The van der Waals surface area contributed by atoms with Gasteiger partial charge in [0, 0.05) is 25.2 Å². The molecular formula is C29H42N2O7S. The zero-order valence-corrected chi connectivity index (χ0v) is 24.8. The van der Waals surface area contributed by atoms with Gasteiger partial charge in [0.1, 0.15) is 5.60 Å². The van der Waals surface area contributed by atoms with Crippen molar-refractivity contribution in [2.24, 2.45) is 0 Å². The van der Waals surface area contributed by atoms with Crippen molar-refractivity contribution in [1.82, 2.24) is 4.90 Å². The van der Waals surface area contributed by atoms with Crippen LogP contribution in [0.2, 0.25) is 0 Å². The Morgan fingerprint density at radius 1 is 1.05 bits per heavy atom. The molecule has 0 fully saturated rings. The lowest BCUT2D eigenvalue weighted by Gasteiger charge is -2.36. The van der Waals surface area contributed by atoms with Gasteiger partial charge < -0.3 is 19.8 Å². The van der Waals surface area contributed by atoms with Crippen LogP contribution >= 0.6 is 0 Å². The second kappa shape index (κ2) is 12.8. The van der Waals surface area contributed by atoms with Crippen LogP contribution in [0.25, 0.3) is 0 Å². The quantitative estimate of drug-likeness (QED) is 0.416. The van der Waals surface area contributed by atoms with Crippen LogP contribution in [0.1, 0.15) is 78.0 Å². The molecule has 39 heavy (non-hydrogen) atoms. The zero-order valence-electron chi connectivity index (χ0n) is 23.9. The van der Waals surface area contributed by atoms with Crippen molar-refractivity contribution in [2.45, 2.75) is 96.3 Å². The summed E-state index contributed by atoms with van der Waals surface area (Å²) in [7, 11) is -3.76. The molecule has 1 amide bonds. The summed E-state index contributed by atoms with van der Waals surface area (Å²) in [6, 6.07) is 11.9. The van der Waals surface area contributed by atoms with E-state index in [1.54, 1.807) is 32.0 Å². The average molecular weight is 563 g/mol. The predicted molar refractivity (Wildman–Crippen MR) is 151 cm³/mol. The highest BCUT2D eigenvalue weighted by atomic mass is 32.2. The lowest BCUT2D eigenvalue weighted by molar-refractivity contribution is -0.134. The molecule has 0 aromatic heterocycles. The molecule has 0 saturated carbocycles. The zero-order chi connectivity index (χ0) is 29.6. The monoisotopic (exact) mass is 562 g/mol. The van der Waals surface area contributed by atoms with E-state index in [4.69, 9.17) is 14.6 Å². The molecule has 2 aromatic carbocycles. The molecule has 0 aliphatic heterocycles. The largest absolute Gasteiger partial charge is 0.481 e. The number of hydrogen-bond donors (Lipinski definition) is 3. The molecule has 0 bridgehead atoms. The van der Waals surface area contributed by atoms with Crippen molar-refractivity contribution in [3.8, 4) is 0 Å². The minimum Gasteiger partial charge on any atom is -0.481 e.